The fourth-order valence-electron chi connectivity index (χ4n) is 1.24. The molecule has 0 aliphatic heterocycles. The van der Waals surface area contributed by atoms with Gasteiger partial charge in [0.05, 0.1) is 5.69 Å². The number of halogens is 1. The molecular weight excluding hydrogens is 228 g/mol. The van der Waals surface area contributed by atoms with Gasteiger partial charge >= 0.3 is 5.97 Å². The molecule has 5 heteroatoms. The molecule has 0 unspecified atom stereocenters. The van der Waals surface area contributed by atoms with E-state index in [2.05, 4.69) is 9.97 Å². The van der Waals surface area contributed by atoms with Crippen LogP contribution in [0.4, 0.5) is 0 Å². The van der Waals surface area contributed by atoms with Gasteiger partial charge in [0.25, 0.3) is 0 Å². The Morgan fingerprint density at radius 1 is 1.19 bits per heavy atom. The average molecular weight is 235 g/mol. The molecule has 1 aromatic heterocycles. The predicted octanol–water partition coefficient (Wildman–Crippen LogP) is 2.50. The molecule has 2 aromatic rings. The summed E-state index contributed by atoms with van der Waals surface area (Å²) >= 11 is 5.75. The van der Waals surface area contributed by atoms with E-state index in [0.717, 1.165) is 5.56 Å². The summed E-state index contributed by atoms with van der Waals surface area (Å²) in [6, 6.07) is 8.64. The number of carbonyl (C=O) groups is 1. The second-order valence-corrected chi connectivity index (χ2v) is 3.51. The number of aromatic carboxylic acids is 1. The fraction of sp³-hybridized carbons (Fsp3) is 0. The van der Waals surface area contributed by atoms with E-state index in [1.807, 2.05) is 0 Å². The molecule has 0 spiro atoms. The molecule has 16 heavy (non-hydrogen) atoms. The van der Waals surface area contributed by atoms with Gasteiger partial charge in [0.1, 0.15) is 0 Å². The van der Waals surface area contributed by atoms with Crippen LogP contribution < -0.4 is 0 Å². The lowest BCUT2D eigenvalue weighted by atomic mass is 10.1. The van der Waals surface area contributed by atoms with Crippen LogP contribution in [0.2, 0.25) is 5.02 Å². The quantitative estimate of drug-likeness (QED) is 0.867. The van der Waals surface area contributed by atoms with Crippen LogP contribution in [0.25, 0.3) is 11.3 Å². The van der Waals surface area contributed by atoms with Gasteiger partial charge in [-0.2, -0.15) is 0 Å². The molecule has 4 nitrogen and oxygen atoms in total. The third kappa shape index (κ3) is 2.17. The summed E-state index contributed by atoms with van der Waals surface area (Å²) in [4.78, 5) is 18.3. The molecule has 0 atom stereocenters. The van der Waals surface area contributed by atoms with Crippen LogP contribution in [0.3, 0.4) is 0 Å². The molecule has 1 heterocycles. The molecule has 0 fully saturated rings. The van der Waals surface area contributed by atoms with Gasteiger partial charge in [-0.3, -0.25) is 0 Å². The van der Waals surface area contributed by atoms with Crippen LogP contribution in [0.1, 0.15) is 10.6 Å². The first-order valence-electron chi connectivity index (χ1n) is 4.49. The average Bonchev–Trinajstić information content (AvgIpc) is 2.30. The summed E-state index contributed by atoms with van der Waals surface area (Å²) in [5.41, 5.74) is 1.36. The van der Waals surface area contributed by atoms with Crippen LogP contribution in [0.5, 0.6) is 0 Å². The maximum Gasteiger partial charge on any atom is 0.373 e. The lowest BCUT2D eigenvalue weighted by Crippen LogP contribution is -2.03. The van der Waals surface area contributed by atoms with Gasteiger partial charge in [-0.25, -0.2) is 14.8 Å². The van der Waals surface area contributed by atoms with E-state index >= 15 is 0 Å². The highest BCUT2D eigenvalue weighted by Crippen LogP contribution is 2.19. The Bertz CT molecular complexity index is 526. The van der Waals surface area contributed by atoms with Crippen molar-refractivity contribution in [1.82, 2.24) is 9.97 Å². The van der Waals surface area contributed by atoms with Crippen molar-refractivity contribution in [2.75, 3.05) is 0 Å². The Labute approximate surface area is 96.6 Å². The summed E-state index contributed by atoms with van der Waals surface area (Å²) in [5, 5.41) is 9.38. The maximum absolute atomic E-state index is 10.7. The lowest BCUT2D eigenvalue weighted by Gasteiger charge is -2.01. The normalized spacial score (nSPS) is 10.1. The van der Waals surface area contributed by atoms with E-state index in [1.54, 1.807) is 30.3 Å². The first kappa shape index (κ1) is 10.6. The minimum absolute atomic E-state index is 0.215. The first-order chi connectivity index (χ1) is 7.66. The van der Waals surface area contributed by atoms with Gasteiger partial charge in [-0.05, 0) is 18.2 Å². The number of nitrogens with zero attached hydrogens (tertiary/aromatic N) is 2. The van der Waals surface area contributed by atoms with Gasteiger partial charge in [-0.1, -0.05) is 23.7 Å². The van der Waals surface area contributed by atoms with Crippen LogP contribution in [0, 0.1) is 0 Å². The predicted molar refractivity (Wildman–Crippen MR) is 59.4 cm³/mol. The highest BCUT2D eigenvalue weighted by Gasteiger charge is 2.07. The van der Waals surface area contributed by atoms with Crippen molar-refractivity contribution in [3.05, 3.63) is 47.4 Å². The number of rotatable bonds is 2. The van der Waals surface area contributed by atoms with Crippen molar-refractivity contribution in [3.63, 3.8) is 0 Å². The lowest BCUT2D eigenvalue weighted by molar-refractivity contribution is 0.0683. The minimum atomic E-state index is -1.14. The number of carboxylic acids is 1. The van der Waals surface area contributed by atoms with Gasteiger partial charge in [0.2, 0.25) is 5.82 Å². The molecule has 0 radical (unpaired) electrons. The van der Waals surface area contributed by atoms with Crippen LogP contribution in [-0.4, -0.2) is 21.0 Å². The molecule has 0 aliphatic rings. The Morgan fingerprint density at radius 3 is 2.50 bits per heavy atom. The monoisotopic (exact) mass is 234 g/mol. The van der Waals surface area contributed by atoms with Gasteiger partial charge in [-0.15, -0.1) is 0 Å². The number of aromatic nitrogens is 2. The highest BCUT2D eigenvalue weighted by atomic mass is 35.5. The smallest absolute Gasteiger partial charge is 0.373 e. The molecule has 1 aromatic carbocycles. The number of hydrogen-bond donors (Lipinski definition) is 1. The van der Waals surface area contributed by atoms with E-state index in [0.29, 0.717) is 10.7 Å². The van der Waals surface area contributed by atoms with E-state index in [1.165, 1.54) is 6.20 Å². The van der Waals surface area contributed by atoms with Crippen molar-refractivity contribution < 1.29 is 9.90 Å². The summed E-state index contributed by atoms with van der Waals surface area (Å²) in [7, 11) is 0. The van der Waals surface area contributed by atoms with E-state index in [-0.39, 0.29) is 5.82 Å². The minimum Gasteiger partial charge on any atom is -0.475 e. The molecule has 1 N–H and O–H groups in total. The molecular formula is C11H7ClN2O2. The Morgan fingerprint density at radius 2 is 1.88 bits per heavy atom. The maximum atomic E-state index is 10.7. The third-order valence-corrected chi connectivity index (χ3v) is 2.24. The summed E-state index contributed by atoms with van der Waals surface area (Å²) in [6.07, 6.45) is 1.42. The fourth-order valence-corrected chi connectivity index (χ4v) is 1.37. The molecule has 0 saturated heterocycles. The van der Waals surface area contributed by atoms with Gasteiger partial charge in [0.15, 0.2) is 0 Å². The number of benzene rings is 1. The second-order valence-electron chi connectivity index (χ2n) is 3.08. The molecule has 0 aliphatic carbocycles. The zero-order chi connectivity index (χ0) is 11.5. The largest absolute Gasteiger partial charge is 0.475 e. The number of hydrogen-bond acceptors (Lipinski definition) is 3. The Balaban J connectivity index is 2.44. The van der Waals surface area contributed by atoms with Crippen molar-refractivity contribution >= 4 is 17.6 Å². The third-order valence-electron chi connectivity index (χ3n) is 1.99. The van der Waals surface area contributed by atoms with Crippen LogP contribution >= 0.6 is 11.6 Å². The number of carboxylic acid groups (broad SMARTS) is 1. The molecule has 80 valence electrons. The molecule has 2 rings (SSSR count). The topological polar surface area (TPSA) is 63.1 Å². The Kier molecular flexibility index (Phi) is 2.83. The van der Waals surface area contributed by atoms with Gasteiger partial charge in [0, 0.05) is 16.8 Å². The zero-order valence-corrected chi connectivity index (χ0v) is 8.85. The Hall–Kier alpha value is -1.94. The van der Waals surface area contributed by atoms with E-state index in [4.69, 9.17) is 16.7 Å². The standard InChI is InChI=1S/C11H7ClN2O2/c12-8-3-1-7(2-4-8)9-5-6-13-10(14-9)11(15)16/h1-6H,(H,15,16). The van der Waals surface area contributed by atoms with Crippen molar-refractivity contribution in [3.8, 4) is 11.3 Å². The molecule has 0 amide bonds. The summed E-state index contributed by atoms with van der Waals surface area (Å²) < 4.78 is 0. The van der Waals surface area contributed by atoms with Crippen molar-refractivity contribution in [2.45, 2.75) is 0 Å². The van der Waals surface area contributed by atoms with E-state index in [9.17, 15) is 4.79 Å². The summed E-state index contributed by atoms with van der Waals surface area (Å²) in [6.45, 7) is 0. The molecule has 0 bridgehead atoms. The second kappa shape index (κ2) is 4.28. The first-order valence-corrected chi connectivity index (χ1v) is 4.87. The SMILES string of the molecule is O=C(O)c1nccc(-c2ccc(Cl)cc2)n1. The van der Waals surface area contributed by atoms with Gasteiger partial charge < -0.3 is 5.11 Å². The van der Waals surface area contributed by atoms with E-state index < -0.39 is 5.97 Å². The zero-order valence-electron chi connectivity index (χ0n) is 8.09. The van der Waals surface area contributed by atoms with Crippen molar-refractivity contribution in [1.29, 1.82) is 0 Å². The highest BCUT2D eigenvalue weighted by molar-refractivity contribution is 6.30. The van der Waals surface area contributed by atoms with Crippen molar-refractivity contribution in [2.24, 2.45) is 0 Å². The van der Waals surface area contributed by atoms with Crippen LogP contribution in [0.15, 0.2) is 36.5 Å². The summed E-state index contributed by atoms with van der Waals surface area (Å²) in [5.74, 6) is -1.36. The molecule has 0 saturated carbocycles. The van der Waals surface area contributed by atoms with Crippen LogP contribution in [-0.2, 0) is 0 Å².